The van der Waals surface area contributed by atoms with Crippen molar-refractivity contribution >= 4 is 17.1 Å². The minimum atomic E-state index is -2.73. The van der Waals surface area contributed by atoms with Crippen molar-refractivity contribution in [2.75, 3.05) is 20.3 Å². The van der Waals surface area contributed by atoms with Crippen LogP contribution in [0.1, 0.15) is 75.7 Å². The number of ether oxygens (including phenoxy) is 2. The summed E-state index contributed by atoms with van der Waals surface area (Å²) in [6.45, 7) is 22.0. The molecule has 7 nitrogen and oxygen atoms in total. The molecule has 6 atom stereocenters. The first-order chi connectivity index (χ1) is 15.2. The van der Waals surface area contributed by atoms with Crippen molar-refractivity contribution in [3.8, 4) is 0 Å². The summed E-state index contributed by atoms with van der Waals surface area (Å²) >= 11 is 0. The molecule has 0 aliphatic carbocycles. The van der Waals surface area contributed by atoms with E-state index in [1.165, 1.54) is 0 Å². The fourth-order valence-electron chi connectivity index (χ4n) is 5.85. The van der Waals surface area contributed by atoms with E-state index in [2.05, 4.69) is 69.2 Å². The molecule has 2 heterocycles. The molecule has 0 spiro atoms. The quantitative estimate of drug-likeness (QED) is 0.461. The molecule has 196 valence electrons. The number of hydrogen-bond acceptors (Lipinski definition) is 7. The topological polar surface area (TPSA) is 86.6 Å². The average molecular weight is 507 g/mol. The van der Waals surface area contributed by atoms with Gasteiger partial charge in [-0.3, -0.25) is 0 Å². The van der Waals surface area contributed by atoms with Crippen LogP contribution in [-0.4, -0.2) is 71.8 Å². The zero-order valence-electron chi connectivity index (χ0n) is 22.8. The van der Waals surface area contributed by atoms with Crippen molar-refractivity contribution in [3.05, 3.63) is 0 Å². The van der Waals surface area contributed by atoms with Gasteiger partial charge in [-0.15, -0.1) is 0 Å². The van der Waals surface area contributed by atoms with Crippen LogP contribution < -0.4 is 0 Å². The second kappa shape index (κ2) is 11.0. The van der Waals surface area contributed by atoms with E-state index in [9.17, 15) is 10.2 Å². The zero-order valence-corrected chi connectivity index (χ0v) is 24.8. The van der Waals surface area contributed by atoms with Gasteiger partial charge < -0.3 is 32.7 Å². The van der Waals surface area contributed by atoms with Crippen LogP contribution in [0.25, 0.3) is 0 Å². The van der Waals surface area contributed by atoms with Gasteiger partial charge in [-0.1, -0.05) is 69.2 Å². The number of aliphatic hydroxyl groups is 2. The third-order valence-electron chi connectivity index (χ3n) is 8.13. The Bertz CT molecular complexity index is 614. The summed E-state index contributed by atoms with van der Waals surface area (Å²) in [5.74, 6) is -0.999. The van der Waals surface area contributed by atoms with Crippen molar-refractivity contribution in [2.45, 2.75) is 122 Å². The highest BCUT2D eigenvalue weighted by Gasteiger charge is 2.62. The highest BCUT2D eigenvalue weighted by atomic mass is 28.5. The van der Waals surface area contributed by atoms with E-state index in [1.807, 2.05) is 0 Å². The molecule has 2 fully saturated rings. The van der Waals surface area contributed by atoms with E-state index in [0.29, 0.717) is 6.61 Å². The average Bonchev–Trinajstić information content (AvgIpc) is 2.72. The Morgan fingerprint density at radius 2 is 1.45 bits per heavy atom. The summed E-state index contributed by atoms with van der Waals surface area (Å²) in [7, 11) is -3.78. The summed E-state index contributed by atoms with van der Waals surface area (Å²) in [5, 5.41) is 19.8. The molecule has 0 radical (unpaired) electrons. The van der Waals surface area contributed by atoms with Crippen LogP contribution in [0.5, 0.6) is 0 Å². The van der Waals surface area contributed by atoms with Crippen molar-refractivity contribution in [2.24, 2.45) is 11.8 Å². The zero-order chi connectivity index (χ0) is 25.4. The van der Waals surface area contributed by atoms with Crippen LogP contribution in [0.4, 0.5) is 0 Å². The Hall–Kier alpha value is 0.154. The fraction of sp³-hybridized carbons (Fsp3) is 1.00. The molecule has 2 saturated heterocycles. The Labute approximate surface area is 204 Å². The molecule has 2 aliphatic heterocycles. The SMILES string of the molecule is CO[C@]1(C[C@H](O)CO)O[C@H]2CO[Si](C(C)C)(C(C)C)O[Si](C(C)C)(C(C)C)O[C@@H]2[C@@H](C)[C@@H]1C. The lowest BCUT2D eigenvalue weighted by Gasteiger charge is -2.57. The van der Waals surface area contributed by atoms with E-state index < -0.39 is 29.0 Å². The maximum absolute atomic E-state index is 10.3. The molecule has 0 amide bonds. The number of methoxy groups -OCH3 is 1. The second-order valence-electron chi connectivity index (χ2n) is 11.4. The Morgan fingerprint density at radius 3 is 1.88 bits per heavy atom. The van der Waals surface area contributed by atoms with Crippen LogP contribution in [0.2, 0.25) is 22.2 Å². The third-order valence-corrected chi connectivity index (χ3v) is 18.4. The van der Waals surface area contributed by atoms with Crippen LogP contribution >= 0.6 is 0 Å². The first kappa shape index (κ1) is 29.4. The molecular weight excluding hydrogens is 456 g/mol. The number of hydrogen-bond donors (Lipinski definition) is 2. The van der Waals surface area contributed by atoms with E-state index >= 15 is 0 Å². The molecule has 0 unspecified atom stereocenters. The first-order valence-electron chi connectivity index (χ1n) is 12.8. The summed E-state index contributed by atoms with van der Waals surface area (Å²) in [5.41, 5.74) is 1.00. The molecule has 0 bridgehead atoms. The van der Waals surface area contributed by atoms with Crippen LogP contribution in [0, 0.1) is 11.8 Å². The Balaban J connectivity index is 2.60. The summed E-state index contributed by atoms with van der Waals surface area (Å²) < 4.78 is 33.9. The Morgan fingerprint density at radius 1 is 0.939 bits per heavy atom. The third kappa shape index (κ3) is 5.32. The lowest BCUT2D eigenvalue weighted by Crippen LogP contribution is -2.69. The molecule has 0 saturated carbocycles. The summed E-state index contributed by atoms with van der Waals surface area (Å²) in [6, 6.07) is 0. The minimum Gasteiger partial charge on any atom is -0.414 e. The molecule has 0 aromatic heterocycles. The molecule has 0 aromatic carbocycles. The standard InChI is InChI=1S/C24H50O7Si2/c1-15(2)32(16(3)4)28-14-22-23(30-33(31-32,17(5)6)18(7)8)19(9)20(10)24(27-11,29-22)12-21(26)13-25/h15-23,25-26H,12-14H2,1-11H3/t19-,20-,21-,22-,23+,24+/m0/s1. The van der Waals surface area contributed by atoms with Gasteiger partial charge in [0, 0.05) is 19.4 Å². The van der Waals surface area contributed by atoms with Gasteiger partial charge in [0.15, 0.2) is 5.79 Å². The lowest BCUT2D eigenvalue weighted by molar-refractivity contribution is -0.339. The largest absolute Gasteiger partial charge is 0.414 e. The van der Waals surface area contributed by atoms with Crippen LogP contribution in [0.15, 0.2) is 0 Å². The monoisotopic (exact) mass is 506 g/mol. The van der Waals surface area contributed by atoms with Gasteiger partial charge in [0.1, 0.15) is 6.10 Å². The molecular formula is C24H50O7Si2. The molecule has 2 N–H and O–H groups in total. The van der Waals surface area contributed by atoms with E-state index in [0.717, 1.165) is 0 Å². The molecule has 2 rings (SSSR count). The van der Waals surface area contributed by atoms with Gasteiger partial charge >= 0.3 is 17.1 Å². The van der Waals surface area contributed by atoms with E-state index in [-0.39, 0.29) is 59.2 Å². The van der Waals surface area contributed by atoms with E-state index in [4.69, 9.17) is 22.4 Å². The summed E-state index contributed by atoms with van der Waals surface area (Å²) in [6.07, 6.45) is -1.27. The van der Waals surface area contributed by atoms with Crippen LogP contribution in [0.3, 0.4) is 0 Å². The minimum absolute atomic E-state index is 0.0624. The van der Waals surface area contributed by atoms with Crippen LogP contribution in [-0.2, 0) is 22.4 Å². The first-order valence-corrected chi connectivity index (χ1v) is 16.7. The maximum Gasteiger partial charge on any atom is 0.335 e. The van der Waals surface area contributed by atoms with Gasteiger partial charge in [0.05, 0.1) is 25.4 Å². The molecule has 2 aliphatic rings. The number of fused-ring (bicyclic) bond motifs is 1. The summed E-state index contributed by atoms with van der Waals surface area (Å²) in [4.78, 5) is 0. The van der Waals surface area contributed by atoms with Crippen molar-refractivity contribution in [3.63, 3.8) is 0 Å². The normalized spacial score (nSPS) is 35.5. The molecule has 9 heteroatoms. The van der Waals surface area contributed by atoms with Gasteiger partial charge in [-0.2, -0.15) is 0 Å². The Kier molecular flexibility index (Phi) is 9.84. The van der Waals surface area contributed by atoms with E-state index in [1.54, 1.807) is 7.11 Å². The number of aliphatic hydroxyl groups excluding tert-OH is 2. The van der Waals surface area contributed by atoms with Crippen molar-refractivity contribution in [1.29, 1.82) is 0 Å². The van der Waals surface area contributed by atoms with Crippen molar-refractivity contribution < 1.29 is 32.7 Å². The highest BCUT2D eigenvalue weighted by molar-refractivity contribution is 6.83. The predicted octanol–water partition coefficient (Wildman–Crippen LogP) is 4.70. The molecule has 0 aromatic rings. The smallest absolute Gasteiger partial charge is 0.335 e. The maximum atomic E-state index is 10.3. The second-order valence-corrected chi connectivity index (χ2v) is 20.3. The van der Waals surface area contributed by atoms with Gasteiger partial charge in [0.2, 0.25) is 0 Å². The number of rotatable bonds is 8. The van der Waals surface area contributed by atoms with Crippen molar-refractivity contribution in [1.82, 2.24) is 0 Å². The fourth-order valence-corrected chi connectivity index (χ4v) is 17.1. The predicted molar refractivity (Wildman–Crippen MR) is 134 cm³/mol. The highest BCUT2D eigenvalue weighted by Crippen LogP contribution is 2.50. The van der Waals surface area contributed by atoms with Gasteiger partial charge in [-0.05, 0) is 28.1 Å². The lowest BCUT2D eigenvalue weighted by atomic mass is 9.77. The molecule has 33 heavy (non-hydrogen) atoms. The van der Waals surface area contributed by atoms with Gasteiger partial charge in [0.25, 0.3) is 0 Å². The van der Waals surface area contributed by atoms with Gasteiger partial charge in [-0.25, -0.2) is 0 Å².